The van der Waals surface area contributed by atoms with Crippen molar-refractivity contribution in [2.24, 2.45) is 0 Å². The van der Waals surface area contributed by atoms with Crippen molar-refractivity contribution in [2.75, 3.05) is 19.8 Å². The van der Waals surface area contributed by atoms with Crippen molar-refractivity contribution in [1.82, 2.24) is 0 Å². The molecule has 0 spiro atoms. The first-order valence-corrected chi connectivity index (χ1v) is 6.86. The van der Waals surface area contributed by atoms with E-state index in [-0.39, 0.29) is 0 Å². The molecule has 5 nitrogen and oxygen atoms in total. The maximum atomic E-state index is 11.2. The molecule has 0 amide bonds. The van der Waals surface area contributed by atoms with Gasteiger partial charge in [-0.25, -0.2) is 4.79 Å². The summed E-state index contributed by atoms with van der Waals surface area (Å²) in [6, 6.07) is 3.36. The van der Waals surface area contributed by atoms with Crippen LogP contribution in [0.1, 0.15) is 25.0 Å². The summed E-state index contributed by atoms with van der Waals surface area (Å²) < 4.78 is 17.1. The third-order valence-electron chi connectivity index (χ3n) is 2.68. The lowest BCUT2D eigenvalue weighted by Gasteiger charge is -2.16. The van der Waals surface area contributed by atoms with Crippen LogP contribution >= 0.6 is 15.9 Å². The van der Waals surface area contributed by atoms with Gasteiger partial charge >= 0.3 is 5.97 Å². The first-order valence-electron chi connectivity index (χ1n) is 6.07. The van der Waals surface area contributed by atoms with Crippen molar-refractivity contribution < 1.29 is 24.1 Å². The van der Waals surface area contributed by atoms with Gasteiger partial charge in [0.1, 0.15) is 0 Å². The minimum atomic E-state index is -1.02. The molecule has 1 atom stereocenters. The minimum absolute atomic E-state index is 0.322. The normalized spacial score (nSPS) is 15.7. The van der Waals surface area contributed by atoms with Crippen LogP contribution in [0.3, 0.4) is 0 Å². The van der Waals surface area contributed by atoms with Gasteiger partial charge < -0.3 is 19.3 Å². The Morgan fingerprint density at radius 3 is 2.89 bits per heavy atom. The molecular weight excluding hydrogens is 316 g/mol. The molecule has 1 aromatic carbocycles. The van der Waals surface area contributed by atoms with Crippen LogP contribution in [0.2, 0.25) is 0 Å². The molecule has 1 aromatic rings. The Morgan fingerprint density at radius 2 is 2.21 bits per heavy atom. The molecule has 6 heteroatoms. The molecule has 0 saturated carbocycles. The Hall–Kier alpha value is -1.27. The van der Waals surface area contributed by atoms with Crippen molar-refractivity contribution in [3.8, 4) is 11.5 Å². The number of ether oxygens (including phenoxy) is 3. The molecule has 0 saturated heterocycles. The van der Waals surface area contributed by atoms with Gasteiger partial charge in [-0.15, -0.1) is 0 Å². The lowest BCUT2D eigenvalue weighted by molar-refractivity contribution is -0.150. The van der Waals surface area contributed by atoms with E-state index in [0.29, 0.717) is 41.4 Å². The number of hydrogen-bond donors (Lipinski definition) is 1. The molecule has 2 rings (SSSR count). The number of carboxylic acid groups (broad SMARTS) is 1. The number of aliphatic carboxylic acids is 1. The van der Waals surface area contributed by atoms with E-state index in [1.807, 2.05) is 0 Å². The molecular formula is C13H15BrO5. The average Bonchev–Trinajstić information content (AvgIpc) is 2.61. The summed E-state index contributed by atoms with van der Waals surface area (Å²) in [5, 5.41) is 9.20. The smallest absolute Gasteiger partial charge is 0.337 e. The van der Waals surface area contributed by atoms with Crippen LogP contribution in [-0.2, 0) is 9.53 Å². The molecule has 1 heterocycles. The molecule has 104 valence electrons. The monoisotopic (exact) mass is 330 g/mol. The fraction of sp³-hybridized carbons (Fsp3) is 0.462. The number of carbonyl (C=O) groups is 1. The minimum Gasteiger partial charge on any atom is -0.490 e. The molecule has 19 heavy (non-hydrogen) atoms. The van der Waals surface area contributed by atoms with Crippen LogP contribution in [0.5, 0.6) is 11.5 Å². The van der Waals surface area contributed by atoms with Gasteiger partial charge in [-0.1, -0.05) is 0 Å². The van der Waals surface area contributed by atoms with Gasteiger partial charge in [0, 0.05) is 13.0 Å². The van der Waals surface area contributed by atoms with Crippen LogP contribution < -0.4 is 9.47 Å². The molecule has 1 N–H and O–H groups in total. The van der Waals surface area contributed by atoms with E-state index < -0.39 is 12.1 Å². The van der Waals surface area contributed by atoms with E-state index in [0.717, 1.165) is 6.42 Å². The molecule has 1 aliphatic rings. The fourth-order valence-electron chi connectivity index (χ4n) is 1.88. The summed E-state index contributed by atoms with van der Waals surface area (Å²) in [5.74, 6) is 0.137. The number of rotatable bonds is 4. The summed E-state index contributed by atoms with van der Waals surface area (Å²) >= 11 is 3.38. The number of fused-ring (bicyclic) bond motifs is 1. The van der Waals surface area contributed by atoms with E-state index in [1.54, 1.807) is 19.1 Å². The Balaban J connectivity index is 2.39. The lowest BCUT2D eigenvalue weighted by Crippen LogP contribution is -2.15. The highest BCUT2D eigenvalue weighted by Gasteiger charge is 2.24. The molecule has 0 fully saturated rings. The summed E-state index contributed by atoms with van der Waals surface area (Å²) in [4.78, 5) is 11.2. The van der Waals surface area contributed by atoms with E-state index in [1.165, 1.54) is 0 Å². The SMILES string of the molecule is CCOC(C(=O)O)c1cc(Br)c2c(c1)OCCCO2. The molecule has 0 aromatic heterocycles. The van der Waals surface area contributed by atoms with Crippen LogP contribution in [0.15, 0.2) is 16.6 Å². The zero-order valence-corrected chi connectivity index (χ0v) is 12.1. The second-order valence-corrected chi connectivity index (χ2v) is 4.91. The Bertz CT molecular complexity index is 474. The maximum Gasteiger partial charge on any atom is 0.337 e. The number of hydrogen-bond acceptors (Lipinski definition) is 4. The van der Waals surface area contributed by atoms with Gasteiger partial charge in [0.15, 0.2) is 17.6 Å². The standard InChI is InChI=1S/C13H15BrO5/c1-2-17-11(13(15)16)8-6-9(14)12-10(7-8)18-4-3-5-19-12/h6-7,11H,2-5H2,1H3,(H,15,16). The third-order valence-corrected chi connectivity index (χ3v) is 3.27. The summed E-state index contributed by atoms with van der Waals surface area (Å²) in [6.07, 6.45) is -0.206. The second-order valence-electron chi connectivity index (χ2n) is 4.05. The van der Waals surface area contributed by atoms with Gasteiger partial charge in [0.2, 0.25) is 0 Å². The van der Waals surface area contributed by atoms with Gasteiger partial charge in [0.05, 0.1) is 17.7 Å². The Kier molecular flexibility index (Phi) is 4.66. The largest absolute Gasteiger partial charge is 0.490 e. The highest BCUT2D eigenvalue weighted by atomic mass is 79.9. The van der Waals surface area contributed by atoms with Crippen molar-refractivity contribution in [3.05, 3.63) is 22.2 Å². The van der Waals surface area contributed by atoms with Crippen LogP contribution in [0.4, 0.5) is 0 Å². The van der Waals surface area contributed by atoms with E-state index in [9.17, 15) is 9.90 Å². The Morgan fingerprint density at radius 1 is 1.47 bits per heavy atom. The average molecular weight is 331 g/mol. The predicted octanol–water partition coefficient (Wildman–Crippen LogP) is 2.77. The van der Waals surface area contributed by atoms with E-state index in [4.69, 9.17) is 14.2 Å². The highest BCUT2D eigenvalue weighted by molar-refractivity contribution is 9.10. The summed E-state index contributed by atoms with van der Waals surface area (Å²) in [6.45, 7) is 3.21. The van der Waals surface area contributed by atoms with Crippen molar-refractivity contribution in [2.45, 2.75) is 19.4 Å². The first kappa shape index (κ1) is 14.1. The lowest BCUT2D eigenvalue weighted by atomic mass is 10.1. The molecule has 1 unspecified atom stereocenters. The van der Waals surface area contributed by atoms with Gasteiger partial charge in [-0.05, 0) is 40.5 Å². The summed E-state index contributed by atoms with van der Waals surface area (Å²) in [5.41, 5.74) is 0.533. The van der Waals surface area contributed by atoms with Gasteiger partial charge in [0.25, 0.3) is 0 Å². The maximum absolute atomic E-state index is 11.2. The number of carboxylic acids is 1. The predicted molar refractivity (Wildman–Crippen MR) is 71.8 cm³/mol. The zero-order valence-electron chi connectivity index (χ0n) is 10.5. The quantitative estimate of drug-likeness (QED) is 0.919. The van der Waals surface area contributed by atoms with E-state index >= 15 is 0 Å². The first-order chi connectivity index (χ1) is 9.13. The van der Waals surface area contributed by atoms with Crippen LogP contribution in [0.25, 0.3) is 0 Å². The van der Waals surface area contributed by atoms with Gasteiger partial charge in [-0.2, -0.15) is 0 Å². The topological polar surface area (TPSA) is 65.0 Å². The molecule has 0 radical (unpaired) electrons. The second kappa shape index (κ2) is 6.25. The molecule has 1 aliphatic heterocycles. The molecule has 0 bridgehead atoms. The van der Waals surface area contributed by atoms with Crippen molar-refractivity contribution >= 4 is 21.9 Å². The van der Waals surface area contributed by atoms with E-state index in [2.05, 4.69) is 15.9 Å². The van der Waals surface area contributed by atoms with Crippen LogP contribution in [0, 0.1) is 0 Å². The van der Waals surface area contributed by atoms with Crippen molar-refractivity contribution in [3.63, 3.8) is 0 Å². The number of benzene rings is 1. The summed E-state index contributed by atoms with van der Waals surface area (Å²) in [7, 11) is 0. The third kappa shape index (κ3) is 3.19. The fourth-order valence-corrected chi connectivity index (χ4v) is 2.45. The zero-order chi connectivity index (χ0) is 13.8. The highest BCUT2D eigenvalue weighted by Crippen LogP contribution is 2.40. The molecule has 0 aliphatic carbocycles. The van der Waals surface area contributed by atoms with Crippen LogP contribution in [-0.4, -0.2) is 30.9 Å². The van der Waals surface area contributed by atoms with Crippen molar-refractivity contribution in [1.29, 1.82) is 0 Å². The van der Waals surface area contributed by atoms with Gasteiger partial charge in [-0.3, -0.25) is 0 Å². The number of halogens is 1. The Labute approximate surface area is 119 Å².